The van der Waals surface area contributed by atoms with Crippen molar-refractivity contribution in [2.45, 2.75) is 12.4 Å². The summed E-state index contributed by atoms with van der Waals surface area (Å²) in [5.74, 6) is 1.05. The highest BCUT2D eigenvalue weighted by Crippen LogP contribution is 2.25. The summed E-state index contributed by atoms with van der Waals surface area (Å²) in [7, 11) is 1.95. The third-order valence-electron chi connectivity index (χ3n) is 2.67. The Morgan fingerprint density at radius 1 is 1.32 bits per heavy atom. The summed E-state index contributed by atoms with van der Waals surface area (Å²) < 4.78 is 1.05. The van der Waals surface area contributed by atoms with Crippen LogP contribution in [0.3, 0.4) is 0 Å². The molecule has 1 heterocycles. The van der Waals surface area contributed by atoms with E-state index in [2.05, 4.69) is 38.0 Å². The Balaban J connectivity index is 2.25. The van der Waals surface area contributed by atoms with Crippen molar-refractivity contribution in [3.05, 3.63) is 51.3 Å². The van der Waals surface area contributed by atoms with Crippen LogP contribution < -0.4 is 4.90 Å². The topological polar surface area (TPSA) is 29.0 Å². The Kier molecular flexibility index (Phi) is 5.02. The van der Waals surface area contributed by atoms with E-state index in [0.717, 1.165) is 22.4 Å². The molecule has 0 spiro atoms. The van der Waals surface area contributed by atoms with Crippen LogP contribution in [0.15, 0.2) is 35.1 Å². The van der Waals surface area contributed by atoms with E-state index in [1.807, 2.05) is 24.1 Å². The molecule has 2 rings (SSSR count). The largest absolute Gasteiger partial charge is 0.355 e. The maximum absolute atomic E-state index is 6.03. The summed E-state index contributed by atoms with van der Waals surface area (Å²) >= 11 is 15.4. The molecule has 1 aromatic heterocycles. The first kappa shape index (κ1) is 14.6. The highest BCUT2D eigenvalue weighted by molar-refractivity contribution is 9.10. The Labute approximate surface area is 130 Å². The SMILES string of the molecule is CN(Cc1cccc(Br)c1)c1ncnc(Cl)c1CCl. The molecule has 0 radical (unpaired) electrons. The van der Waals surface area contributed by atoms with E-state index in [9.17, 15) is 0 Å². The lowest BCUT2D eigenvalue weighted by Gasteiger charge is -2.20. The molecule has 0 saturated heterocycles. The zero-order chi connectivity index (χ0) is 13.8. The fourth-order valence-corrected chi connectivity index (χ4v) is 2.77. The zero-order valence-electron chi connectivity index (χ0n) is 10.3. The lowest BCUT2D eigenvalue weighted by molar-refractivity contribution is 0.879. The van der Waals surface area contributed by atoms with E-state index in [0.29, 0.717) is 5.15 Å². The second-order valence-corrected chi connectivity index (χ2v) is 5.63. The number of halogens is 3. The third kappa shape index (κ3) is 3.59. The van der Waals surface area contributed by atoms with E-state index >= 15 is 0 Å². The Bertz CT molecular complexity index is 578. The predicted molar refractivity (Wildman–Crippen MR) is 82.8 cm³/mol. The van der Waals surface area contributed by atoms with Crippen molar-refractivity contribution in [1.29, 1.82) is 0 Å². The fraction of sp³-hybridized carbons (Fsp3) is 0.231. The first-order valence-electron chi connectivity index (χ1n) is 5.62. The molecule has 0 N–H and O–H groups in total. The smallest absolute Gasteiger partial charge is 0.138 e. The molecular weight excluding hydrogens is 349 g/mol. The molecule has 0 atom stereocenters. The molecule has 0 amide bonds. The first-order chi connectivity index (χ1) is 9.11. The molecule has 1 aromatic carbocycles. The van der Waals surface area contributed by atoms with Crippen molar-refractivity contribution in [1.82, 2.24) is 9.97 Å². The van der Waals surface area contributed by atoms with Gasteiger partial charge >= 0.3 is 0 Å². The molecule has 0 aliphatic rings. The van der Waals surface area contributed by atoms with Crippen LogP contribution in [-0.4, -0.2) is 17.0 Å². The van der Waals surface area contributed by atoms with Crippen LogP contribution in [0.1, 0.15) is 11.1 Å². The molecule has 0 bridgehead atoms. The number of alkyl halides is 1. The van der Waals surface area contributed by atoms with Gasteiger partial charge in [0.05, 0.1) is 5.88 Å². The summed E-state index contributed by atoms with van der Waals surface area (Å²) in [5.41, 5.74) is 1.93. The van der Waals surface area contributed by atoms with Crippen molar-refractivity contribution in [2.75, 3.05) is 11.9 Å². The molecule has 3 nitrogen and oxygen atoms in total. The molecule has 0 aliphatic heterocycles. The van der Waals surface area contributed by atoms with Gasteiger partial charge in [-0.2, -0.15) is 0 Å². The van der Waals surface area contributed by atoms with Crippen molar-refractivity contribution >= 4 is 44.9 Å². The fourth-order valence-electron chi connectivity index (χ4n) is 1.81. The predicted octanol–water partition coefficient (Wildman–Crippen LogP) is 4.27. The molecule has 100 valence electrons. The van der Waals surface area contributed by atoms with Crippen molar-refractivity contribution in [3.63, 3.8) is 0 Å². The maximum atomic E-state index is 6.03. The minimum Gasteiger partial charge on any atom is -0.355 e. The van der Waals surface area contributed by atoms with Gasteiger partial charge in [0.15, 0.2) is 0 Å². The number of hydrogen-bond acceptors (Lipinski definition) is 3. The minimum atomic E-state index is 0.290. The number of nitrogens with zero attached hydrogens (tertiary/aromatic N) is 3. The lowest BCUT2D eigenvalue weighted by atomic mass is 10.2. The second kappa shape index (κ2) is 6.55. The van der Waals surface area contributed by atoms with E-state index in [1.54, 1.807) is 0 Å². The Morgan fingerprint density at radius 2 is 2.11 bits per heavy atom. The van der Waals surface area contributed by atoms with Gasteiger partial charge in [-0.3, -0.25) is 0 Å². The average molecular weight is 361 g/mol. The van der Waals surface area contributed by atoms with Crippen LogP contribution in [0.5, 0.6) is 0 Å². The number of hydrogen-bond donors (Lipinski definition) is 0. The lowest BCUT2D eigenvalue weighted by Crippen LogP contribution is -2.19. The Hall–Kier alpha value is -0.840. The summed E-state index contributed by atoms with van der Waals surface area (Å²) in [6.07, 6.45) is 1.45. The van der Waals surface area contributed by atoms with Gasteiger partial charge in [-0.25, -0.2) is 9.97 Å². The molecule has 2 aromatic rings. The van der Waals surface area contributed by atoms with Crippen molar-refractivity contribution < 1.29 is 0 Å². The van der Waals surface area contributed by atoms with Crippen LogP contribution in [0, 0.1) is 0 Å². The summed E-state index contributed by atoms with van der Waals surface area (Å²) in [6.45, 7) is 0.719. The molecule has 19 heavy (non-hydrogen) atoms. The van der Waals surface area contributed by atoms with Crippen molar-refractivity contribution in [3.8, 4) is 0 Å². The maximum Gasteiger partial charge on any atom is 0.138 e. The average Bonchev–Trinajstić information content (AvgIpc) is 2.38. The minimum absolute atomic E-state index is 0.290. The highest BCUT2D eigenvalue weighted by Gasteiger charge is 2.13. The quantitative estimate of drug-likeness (QED) is 0.602. The molecule has 0 saturated carbocycles. The zero-order valence-corrected chi connectivity index (χ0v) is 13.4. The van der Waals surface area contributed by atoms with Gasteiger partial charge in [-0.05, 0) is 17.7 Å². The Morgan fingerprint density at radius 3 is 2.79 bits per heavy atom. The van der Waals surface area contributed by atoms with Gasteiger partial charge in [0, 0.05) is 23.6 Å². The van der Waals surface area contributed by atoms with Crippen LogP contribution in [0.25, 0.3) is 0 Å². The standard InChI is InChI=1S/C13H12BrCl2N3/c1-19(7-9-3-2-4-10(14)5-9)13-11(6-15)12(16)17-8-18-13/h2-5,8H,6-7H2,1H3. The molecular formula is C13H12BrCl2N3. The van der Waals surface area contributed by atoms with Gasteiger partial charge in [0.2, 0.25) is 0 Å². The summed E-state index contributed by atoms with van der Waals surface area (Å²) in [6, 6.07) is 8.13. The second-order valence-electron chi connectivity index (χ2n) is 4.09. The van der Waals surface area contributed by atoms with Crippen molar-refractivity contribution in [2.24, 2.45) is 0 Å². The number of rotatable bonds is 4. The first-order valence-corrected chi connectivity index (χ1v) is 7.33. The van der Waals surface area contributed by atoms with Gasteiger partial charge in [-0.1, -0.05) is 39.7 Å². The normalized spacial score (nSPS) is 10.5. The third-order valence-corrected chi connectivity index (χ3v) is 3.76. The van der Waals surface area contributed by atoms with Gasteiger partial charge in [0.1, 0.15) is 17.3 Å². The van der Waals surface area contributed by atoms with Crippen LogP contribution >= 0.6 is 39.1 Å². The van der Waals surface area contributed by atoms with Crippen LogP contribution in [0.4, 0.5) is 5.82 Å². The number of anilines is 1. The highest BCUT2D eigenvalue weighted by atomic mass is 79.9. The van der Waals surface area contributed by atoms with Gasteiger partial charge in [0.25, 0.3) is 0 Å². The molecule has 0 aliphatic carbocycles. The van der Waals surface area contributed by atoms with E-state index in [1.165, 1.54) is 11.9 Å². The van der Waals surface area contributed by atoms with Crippen LogP contribution in [-0.2, 0) is 12.4 Å². The monoisotopic (exact) mass is 359 g/mol. The van der Waals surface area contributed by atoms with Crippen LogP contribution in [0.2, 0.25) is 5.15 Å². The summed E-state index contributed by atoms with van der Waals surface area (Å²) in [5, 5.41) is 0.404. The number of benzene rings is 1. The molecule has 0 fully saturated rings. The van der Waals surface area contributed by atoms with E-state index in [-0.39, 0.29) is 5.88 Å². The van der Waals surface area contributed by atoms with E-state index < -0.39 is 0 Å². The molecule has 0 unspecified atom stereocenters. The summed E-state index contributed by atoms with van der Waals surface area (Å²) in [4.78, 5) is 10.2. The van der Waals surface area contributed by atoms with E-state index in [4.69, 9.17) is 23.2 Å². The number of aromatic nitrogens is 2. The van der Waals surface area contributed by atoms with Gasteiger partial charge in [-0.15, -0.1) is 11.6 Å². The van der Waals surface area contributed by atoms with Gasteiger partial charge < -0.3 is 4.90 Å². The molecule has 6 heteroatoms.